The summed E-state index contributed by atoms with van der Waals surface area (Å²) in [7, 11) is 2.12. The van der Waals surface area contributed by atoms with Crippen LogP contribution in [-0.2, 0) is 0 Å². The van der Waals surface area contributed by atoms with Gasteiger partial charge in [0.15, 0.2) is 5.13 Å². The van der Waals surface area contributed by atoms with E-state index in [-0.39, 0.29) is 11.8 Å². The Hall–Kier alpha value is -6.35. The topological polar surface area (TPSA) is 157 Å². The van der Waals surface area contributed by atoms with Crippen LogP contribution in [0.2, 0.25) is 0 Å². The molecule has 5 heterocycles. The quantitative estimate of drug-likeness (QED) is 0.100. The fourth-order valence-electron chi connectivity index (χ4n) is 6.71. The standard InChI is InChI=1S/C42H43N11O2S/c1-51-20-22-52(23-21-51)32-11-14-36(46-26-32)40(54)49-37-24-29(7-12-33(37)43)28-5-9-31(10-6-28)48-35-13-8-30(34-4-2-3-15-45-34)25-38(35)50-41(55)39-27-47-42(56-39)53-18-16-44-17-19-53/h2-15,24-27,44,48H,16-23,43H2,1H3,(H,49,54)(H,50,55). The van der Waals surface area contributed by atoms with Gasteiger partial charge in [-0.3, -0.25) is 14.6 Å². The van der Waals surface area contributed by atoms with Gasteiger partial charge in [-0.05, 0) is 78.8 Å². The Morgan fingerprint density at radius 3 is 2.20 bits per heavy atom. The SMILES string of the molecule is CN1CCN(c2ccc(C(=O)Nc3cc(-c4ccc(Nc5ccc(-c6ccccn6)cc5NC(=O)c5cnc(N6CCNCC6)s5)cc4)ccc3N)nc2)CC1. The molecule has 2 saturated heterocycles. The van der Waals surface area contributed by atoms with Gasteiger partial charge < -0.3 is 41.7 Å². The first-order valence-electron chi connectivity index (χ1n) is 18.6. The lowest BCUT2D eigenvalue weighted by molar-refractivity contribution is 0.101. The van der Waals surface area contributed by atoms with Crippen molar-refractivity contribution < 1.29 is 9.59 Å². The predicted octanol–water partition coefficient (Wildman–Crippen LogP) is 6.26. The largest absolute Gasteiger partial charge is 0.397 e. The molecule has 0 radical (unpaired) electrons. The number of thiazole rings is 1. The van der Waals surface area contributed by atoms with Crippen molar-refractivity contribution in [1.29, 1.82) is 0 Å². The molecule has 14 heteroatoms. The summed E-state index contributed by atoms with van der Waals surface area (Å²) in [5.41, 5.74) is 14.2. The molecule has 3 aromatic heterocycles. The minimum absolute atomic E-state index is 0.231. The number of pyridine rings is 2. The highest BCUT2D eigenvalue weighted by atomic mass is 32.1. The number of nitrogens with zero attached hydrogens (tertiary/aromatic N) is 6. The van der Waals surface area contributed by atoms with Crippen molar-refractivity contribution in [2.75, 3.05) is 90.9 Å². The average Bonchev–Trinajstić information content (AvgIpc) is 3.75. The van der Waals surface area contributed by atoms with Gasteiger partial charge in [0.2, 0.25) is 0 Å². The first kappa shape index (κ1) is 36.6. The molecule has 2 fully saturated rings. The number of nitrogens with two attached hydrogens (primary N) is 1. The number of nitrogen functional groups attached to an aromatic ring is 1. The Morgan fingerprint density at radius 1 is 0.696 bits per heavy atom. The number of likely N-dealkylation sites (N-methyl/N-ethyl adjacent to an activating group) is 1. The Kier molecular flexibility index (Phi) is 10.8. The number of anilines is 7. The second kappa shape index (κ2) is 16.6. The smallest absolute Gasteiger partial charge is 0.274 e. The van der Waals surface area contributed by atoms with Gasteiger partial charge in [-0.2, -0.15) is 0 Å². The normalized spacial score (nSPS) is 14.7. The molecule has 2 aliphatic heterocycles. The summed E-state index contributed by atoms with van der Waals surface area (Å²) in [6.45, 7) is 7.33. The molecule has 0 spiro atoms. The molecular formula is C42H43N11O2S. The van der Waals surface area contributed by atoms with Crippen LogP contribution in [0.3, 0.4) is 0 Å². The van der Waals surface area contributed by atoms with E-state index in [2.05, 4.69) is 58.0 Å². The number of rotatable bonds is 10. The lowest BCUT2D eigenvalue weighted by Crippen LogP contribution is -2.44. The van der Waals surface area contributed by atoms with Crippen molar-refractivity contribution in [3.63, 3.8) is 0 Å². The Labute approximate surface area is 329 Å². The number of hydrogen-bond acceptors (Lipinski definition) is 12. The van der Waals surface area contributed by atoms with Crippen LogP contribution in [-0.4, -0.2) is 91.1 Å². The number of carbonyl (C=O) groups is 2. The fourth-order valence-corrected chi connectivity index (χ4v) is 7.57. The highest BCUT2D eigenvalue weighted by molar-refractivity contribution is 7.17. The highest BCUT2D eigenvalue weighted by Crippen LogP contribution is 2.34. The molecular weight excluding hydrogens is 723 g/mol. The molecule has 0 unspecified atom stereocenters. The first-order chi connectivity index (χ1) is 27.4. The molecule has 6 aromatic rings. The second-order valence-electron chi connectivity index (χ2n) is 13.8. The number of nitrogens with one attached hydrogen (secondary N) is 4. The van der Waals surface area contributed by atoms with Gasteiger partial charge in [0, 0.05) is 69.8 Å². The molecule has 3 aromatic carbocycles. The van der Waals surface area contributed by atoms with E-state index in [9.17, 15) is 9.59 Å². The zero-order chi connectivity index (χ0) is 38.4. The summed E-state index contributed by atoms with van der Waals surface area (Å²) < 4.78 is 0. The average molecular weight is 766 g/mol. The van der Waals surface area contributed by atoms with Crippen molar-refractivity contribution in [3.05, 3.63) is 120 Å². The van der Waals surface area contributed by atoms with Crippen molar-refractivity contribution in [2.45, 2.75) is 0 Å². The number of carbonyl (C=O) groups excluding carboxylic acids is 2. The van der Waals surface area contributed by atoms with Crippen molar-refractivity contribution >= 4 is 62.4 Å². The third kappa shape index (κ3) is 8.47. The molecule has 284 valence electrons. The lowest BCUT2D eigenvalue weighted by atomic mass is 10.0. The van der Waals surface area contributed by atoms with Gasteiger partial charge in [-0.15, -0.1) is 0 Å². The Bertz CT molecular complexity index is 2300. The lowest BCUT2D eigenvalue weighted by Gasteiger charge is -2.33. The monoisotopic (exact) mass is 765 g/mol. The van der Waals surface area contributed by atoms with Gasteiger partial charge in [-0.25, -0.2) is 9.97 Å². The summed E-state index contributed by atoms with van der Waals surface area (Å²) in [4.78, 5) is 47.6. The van der Waals surface area contributed by atoms with Crippen LogP contribution in [0.1, 0.15) is 20.2 Å². The molecule has 0 atom stereocenters. The molecule has 0 bridgehead atoms. The summed E-state index contributed by atoms with van der Waals surface area (Å²) >= 11 is 1.39. The van der Waals surface area contributed by atoms with Gasteiger partial charge >= 0.3 is 0 Å². The van der Waals surface area contributed by atoms with Crippen LogP contribution >= 0.6 is 11.3 Å². The van der Waals surface area contributed by atoms with Gasteiger partial charge in [0.1, 0.15) is 10.6 Å². The Balaban J connectivity index is 0.968. The maximum Gasteiger partial charge on any atom is 0.274 e. The molecule has 8 rings (SSSR count). The number of hydrogen-bond donors (Lipinski definition) is 5. The van der Waals surface area contributed by atoms with Crippen LogP contribution in [0.5, 0.6) is 0 Å². The molecule has 2 aliphatic rings. The maximum atomic E-state index is 13.6. The van der Waals surface area contributed by atoms with E-state index < -0.39 is 0 Å². The van der Waals surface area contributed by atoms with Crippen LogP contribution in [0.25, 0.3) is 22.4 Å². The van der Waals surface area contributed by atoms with Crippen molar-refractivity contribution in [2.24, 2.45) is 0 Å². The Morgan fingerprint density at radius 2 is 1.45 bits per heavy atom. The summed E-state index contributed by atoms with van der Waals surface area (Å²) in [6, 6.07) is 28.8. The number of piperazine rings is 2. The summed E-state index contributed by atoms with van der Waals surface area (Å²) in [6.07, 6.45) is 5.15. The van der Waals surface area contributed by atoms with Crippen LogP contribution in [0, 0.1) is 0 Å². The molecule has 0 aliphatic carbocycles. The van der Waals surface area contributed by atoms with Crippen LogP contribution < -0.4 is 36.8 Å². The van der Waals surface area contributed by atoms with E-state index in [1.54, 1.807) is 30.7 Å². The molecule has 13 nitrogen and oxygen atoms in total. The fraction of sp³-hybridized carbons (Fsp3) is 0.214. The van der Waals surface area contributed by atoms with E-state index in [0.717, 1.165) is 96.9 Å². The first-order valence-corrected chi connectivity index (χ1v) is 19.4. The van der Waals surface area contributed by atoms with Crippen molar-refractivity contribution in [3.8, 4) is 22.4 Å². The van der Waals surface area contributed by atoms with Gasteiger partial charge in [-0.1, -0.05) is 41.7 Å². The third-order valence-corrected chi connectivity index (χ3v) is 11.0. The van der Waals surface area contributed by atoms with Gasteiger partial charge in [0.05, 0.1) is 46.5 Å². The molecule has 56 heavy (non-hydrogen) atoms. The summed E-state index contributed by atoms with van der Waals surface area (Å²) in [5.74, 6) is -0.559. The number of benzene rings is 3. The minimum Gasteiger partial charge on any atom is -0.397 e. The van der Waals surface area contributed by atoms with E-state index in [4.69, 9.17) is 5.73 Å². The van der Waals surface area contributed by atoms with Gasteiger partial charge in [0.25, 0.3) is 11.8 Å². The maximum absolute atomic E-state index is 13.6. The van der Waals surface area contributed by atoms with Crippen LogP contribution in [0.15, 0.2) is 110 Å². The highest BCUT2D eigenvalue weighted by Gasteiger charge is 2.20. The van der Waals surface area contributed by atoms with E-state index in [1.807, 2.05) is 78.9 Å². The predicted molar refractivity (Wildman–Crippen MR) is 226 cm³/mol. The van der Waals surface area contributed by atoms with E-state index >= 15 is 0 Å². The molecule has 6 N–H and O–H groups in total. The number of amides is 2. The third-order valence-electron chi connectivity index (χ3n) is 9.98. The van der Waals surface area contributed by atoms with E-state index in [0.29, 0.717) is 27.6 Å². The van der Waals surface area contributed by atoms with E-state index in [1.165, 1.54) is 11.3 Å². The molecule has 0 saturated carbocycles. The minimum atomic E-state index is -0.328. The second-order valence-corrected chi connectivity index (χ2v) is 14.8. The van der Waals surface area contributed by atoms with Crippen LogP contribution in [0.4, 0.5) is 39.3 Å². The zero-order valence-corrected chi connectivity index (χ0v) is 31.9. The number of aromatic nitrogens is 3. The summed E-state index contributed by atoms with van der Waals surface area (Å²) in [5, 5.41) is 13.7. The van der Waals surface area contributed by atoms with Crippen molar-refractivity contribution in [1.82, 2.24) is 25.2 Å². The molecule has 2 amide bonds. The zero-order valence-electron chi connectivity index (χ0n) is 31.0.